The third kappa shape index (κ3) is 2.13. The molecule has 2 aromatic heterocycles. The molecule has 0 aliphatic heterocycles. The van der Waals surface area contributed by atoms with Crippen LogP contribution in [0.4, 0.5) is 16.1 Å². The first-order chi connectivity index (χ1) is 8.49. The number of nitrogens with one attached hydrogen (secondary N) is 1. The van der Waals surface area contributed by atoms with Crippen molar-refractivity contribution in [2.75, 3.05) is 11.1 Å². The maximum atomic E-state index is 11.8. The highest BCUT2D eigenvalue weighted by atomic mass is 32.1. The average Bonchev–Trinajstić information content (AvgIpc) is 2.85. The van der Waals surface area contributed by atoms with Gasteiger partial charge in [-0.3, -0.25) is 10.1 Å². The van der Waals surface area contributed by atoms with Crippen LogP contribution in [0.25, 0.3) is 0 Å². The molecule has 9 nitrogen and oxygen atoms in total. The van der Waals surface area contributed by atoms with E-state index in [1.165, 1.54) is 23.7 Å². The summed E-state index contributed by atoms with van der Waals surface area (Å²) in [6.07, 6.45) is 0. The minimum absolute atomic E-state index is 0.149. The van der Waals surface area contributed by atoms with Gasteiger partial charge in [-0.1, -0.05) is 11.3 Å². The number of aromatic nitrogens is 3. The number of rotatable bonds is 3. The molecule has 1 amide bonds. The summed E-state index contributed by atoms with van der Waals surface area (Å²) >= 11 is 1.01. The van der Waals surface area contributed by atoms with Gasteiger partial charge in [-0.25, -0.2) is 4.57 Å². The molecule has 10 heteroatoms. The van der Waals surface area contributed by atoms with E-state index in [1.807, 2.05) is 0 Å². The molecule has 0 atom stereocenters. The minimum atomic E-state index is -0.570. The van der Waals surface area contributed by atoms with Gasteiger partial charge in [0.2, 0.25) is 10.3 Å². The Kier molecular flexibility index (Phi) is 2.93. The Hall–Kier alpha value is -2.49. The van der Waals surface area contributed by atoms with Crippen molar-refractivity contribution < 1.29 is 9.72 Å². The molecule has 94 valence electrons. The van der Waals surface area contributed by atoms with Crippen LogP contribution >= 0.6 is 11.3 Å². The first-order valence-electron chi connectivity index (χ1n) is 4.69. The average molecular weight is 268 g/mol. The van der Waals surface area contributed by atoms with Gasteiger partial charge in [0.25, 0.3) is 5.91 Å². The third-order valence-corrected chi connectivity index (χ3v) is 2.84. The third-order valence-electron chi connectivity index (χ3n) is 2.18. The number of amides is 1. The SMILES string of the molecule is Cn1c(C(=O)Nc2nnc(N)s2)ccc1[N+](=O)[O-]. The molecule has 0 bridgehead atoms. The van der Waals surface area contributed by atoms with E-state index in [0.717, 1.165) is 11.3 Å². The highest BCUT2D eigenvalue weighted by molar-refractivity contribution is 7.19. The fraction of sp³-hybridized carbons (Fsp3) is 0.125. The maximum absolute atomic E-state index is 11.8. The summed E-state index contributed by atoms with van der Waals surface area (Å²) in [6.45, 7) is 0. The molecule has 2 rings (SSSR count). The van der Waals surface area contributed by atoms with Crippen LogP contribution in [-0.4, -0.2) is 25.6 Å². The first kappa shape index (κ1) is 12.0. The van der Waals surface area contributed by atoms with Crippen molar-refractivity contribution in [1.29, 1.82) is 0 Å². The van der Waals surface area contributed by atoms with Crippen LogP contribution in [0.2, 0.25) is 0 Å². The van der Waals surface area contributed by atoms with Crippen LogP contribution in [-0.2, 0) is 7.05 Å². The predicted molar refractivity (Wildman–Crippen MR) is 64.3 cm³/mol. The Morgan fingerprint density at radius 2 is 2.28 bits per heavy atom. The zero-order valence-electron chi connectivity index (χ0n) is 9.15. The number of nitrogens with zero attached hydrogens (tertiary/aromatic N) is 4. The number of carbonyl (C=O) groups is 1. The quantitative estimate of drug-likeness (QED) is 0.620. The molecule has 0 aromatic carbocycles. The molecule has 0 radical (unpaired) electrons. The van der Waals surface area contributed by atoms with Gasteiger partial charge in [0, 0.05) is 6.07 Å². The lowest BCUT2D eigenvalue weighted by Gasteiger charge is -2.00. The summed E-state index contributed by atoms with van der Waals surface area (Å²) in [5.41, 5.74) is 5.51. The number of hydrogen-bond acceptors (Lipinski definition) is 7. The fourth-order valence-corrected chi connectivity index (χ4v) is 1.86. The molecule has 2 heterocycles. The maximum Gasteiger partial charge on any atom is 0.323 e. The van der Waals surface area contributed by atoms with E-state index in [4.69, 9.17) is 5.73 Å². The number of nitrogens with two attached hydrogens (primary N) is 1. The Morgan fingerprint density at radius 1 is 1.56 bits per heavy atom. The van der Waals surface area contributed by atoms with Crippen molar-refractivity contribution in [2.24, 2.45) is 7.05 Å². The lowest BCUT2D eigenvalue weighted by molar-refractivity contribution is -0.391. The molecule has 0 saturated carbocycles. The van der Waals surface area contributed by atoms with Gasteiger partial charge in [-0.15, -0.1) is 10.2 Å². The number of hydrogen-bond donors (Lipinski definition) is 2. The lowest BCUT2D eigenvalue weighted by atomic mass is 10.4. The van der Waals surface area contributed by atoms with Crippen LogP contribution < -0.4 is 11.1 Å². The van der Waals surface area contributed by atoms with Crippen LogP contribution in [0.1, 0.15) is 10.5 Å². The molecule has 0 saturated heterocycles. The van der Waals surface area contributed by atoms with E-state index in [2.05, 4.69) is 15.5 Å². The second-order valence-electron chi connectivity index (χ2n) is 3.29. The lowest BCUT2D eigenvalue weighted by Crippen LogP contribution is -2.16. The highest BCUT2D eigenvalue weighted by Gasteiger charge is 2.21. The highest BCUT2D eigenvalue weighted by Crippen LogP contribution is 2.19. The molecule has 2 aromatic rings. The number of anilines is 2. The normalized spacial score (nSPS) is 10.3. The van der Waals surface area contributed by atoms with Gasteiger partial charge < -0.3 is 15.8 Å². The largest absolute Gasteiger partial charge is 0.374 e. The van der Waals surface area contributed by atoms with Crippen molar-refractivity contribution in [3.05, 3.63) is 27.9 Å². The Labute approximate surface area is 104 Å². The van der Waals surface area contributed by atoms with Crippen LogP contribution in [0, 0.1) is 10.1 Å². The first-order valence-corrected chi connectivity index (χ1v) is 5.51. The Balaban J connectivity index is 2.22. The van der Waals surface area contributed by atoms with E-state index in [9.17, 15) is 14.9 Å². The van der Waals surface area contributed by atoms with Gasteiger partial charge >= 0.3 is 5.82 Å². The van der Waals surface area contributed by atoms with Crippen LogP contribution in [0.5, 0.6) is 0 Å². The standard InChI is InChI=1S/C8H8N6O3S/c1-13-4(2-3-5(13)14(16)17)6(15)10-8-12-11-7(9)18-8/h2-3H,1H3,(H2,9,11)(H,10,12,15). The van der Waals surface area contributed by atoms with Crippen LogP contribution in [0.3, 0.4) is 0 Å². The van der Waals surface area contributed by atoms with E-state index in [1.54, 1.807) is 0 Å². The Morgan fingerprint density at radius 3 is 2.78 bits per heavy atom. The fourth-order valence-electron chi connectivity index (χ4n) is 1.36. The van der Waals surface area contributed by atoms with E-state index < -0.39 is 10.8 Å². The summed E-state index contributed by atoms with van der Waals surface area (Å²) in [6, 6.07) is 2.61. The van der Waals surface area contributed by atoms with Crippen molar-refractivity contribution in [3.8, 4) is 0 Å². The molecular weight excluding hydrogens is 260 g/mol. The minimum Gasteiger partial charge on any atom is -0.374 e. The van der Waals surface area contributed by atoms with Crippen molar-refractivity contribution in [1.82, 2.24) is 14.8 Å². The van der Waals surface area contributed by atoms with E-state index in [0.29, 0.717) is 0 Å². The second kappa shape index (κ2) is 4.41. The summed E-state index contributed by atoms with van der Waals surface area (Å²) in [5, 5.41) is 20.7. The van der Waals surface area contributed by atoms with Gasteiger partial charge in [0.05, 0.1) is 7.05 Å². The monoisotopic (exact) mass is 268 g/mol. The molecule has 0 aliphatic carbocycles. The number of nitrogen functional groups attached to an aromatic ring is 1. The van der Waals surface area contributed by atoms with Gasteiger partial charge in [0.15, 0.2) is 5.69 Å². The number of carbonyl (C=O) groups excluding carboxylic acids is 1. The van der Waals surface area contributed by atoms with E-state index >= 15 is 0 Å². The van der Waals surface area contributed by atoms with E-state index in [-0.39, 0.29) is 21.8 Å². The smallest absolute Gasteiger partial charge is 0.323 e. The molecule has 0 spiro atoms. The second-order valence-corrected chi connectivity index (χ2v) is 4.30. The van der Waals surface area contributed by atoms with Crippen molar-refractivity contribution in [2.45, 2.75) is 0 Å². The zero-order valence-corrected chi connectivity index (χ0v) is 9.97. The molecule has 3 N–H and O–H groups in total. The van der Waals surface area contributed by atoms with Crippen molar-refractivity contribution >= 4 is 33.3 Å². The summed E-state index contributed by atoms with van der Waals surface area (Å²) in [4.78, 5) is 21.9. The van der Waals surface area contributed by atoms with Crippen LogP contribution in [0.15, 0.2) is 12.1 Å². The van der Waals surface area contributed by atoms with Gasteiger partial charge in [0.1, 0.15) is 0 Å². The summed E-state index contributed by atoms with van der Waals surface area (Å²) in [5.74, 6) is -0.682. The zero-order chi connectivity index (χ0) is 13.3. The molecule has 0 unspecified atom stereocenters. The summed E-state index contributed by atoms with van der Waals surface area (Å²) in [7, 11) is 1.43. The predicted octanol–water partition coefficient (Wildman–Crippen LogP) is 0.619. The molecular formula is C8H8N6O3S. The summed E-state index contributed by atoms with van der Waals surface area (Å²) < 4.78 is 1.18. The van der Waals surface area contributed by atoms with Gasteiger partial charge in [-0.05, 0) is 11.0 Å². The molecule has 0 fully saturated rings. The molecule has 0 aliphatic rings. The number of nitro groups is 1. The van der Waals surface area contributed by atoms with Gasteiger partial charge in [-0.2, -0.15) is 0 Å². The topological polar surface area (TPSA) is 129 Å². The van der Waals surface area contributed by atoms with Crippen molar-refractivity contribution in [3.63, 3.8) is 0 Å². The Bertz CT molecular complexity index is 618. The molecule has 18 heavy (non-hydrogen) atoms.